The van der Waals surface area contributed by atoms with Crippen LogP contribution in [0.1, 0.15) is 77.1 Å². The monoisotopic (exact) mass is 751 g/mol. The van der Waals surface area contributed by atoms with Crippen LogP contribution in [0.3, 0.4) is 0 Å². The highest BCUT2D eigenvalue weighted by atomic mass is 35.5. The number of carbonyl (C=O) groups excluding carboxylic acids is 2. The molecule has 2 unspecified atom stereocenters. The summed E-state index contributed by atoms with van der Waals surface area (Å²) >= 11 is 6.43. The van der Waals surface area contributed by atoms with Crippen molar-refractivity contribution in [1.29, 1.82) is 0 Å². The quantitative estimate of drug-likeness (QED) is 0.292. The summed E-state index contributed by atoms with van der Waals surface area (Å²) in [6, 6.07) is 8.97. The number of benzene rings is 2. The van der Waals surface area contributed by atoms with Crippen LogP contribution in [0, 0.1) is 36.4 Å². The first kappa shape index (κ1) is 36.6. The number of methoxy groups -OCH3 is 1. The number of nitrogens with one attached hydrogen (secondary N) is 1. The van der Waals surface area contributed by atoms with Gasteiger partial charge < -0.3 is 14.4 Å². The van der Waals surface area contributed by atoms with Crippen LogP contribution in [0.15, 0.2) is 53.0 Å². The first-order valence-electron chi connectivity index (χ1n) is 18.1. The number of anilines is 1. The molecule has 7 atom stereocenters. The van der Waals surface area contributed by atoms with E-state index >= 15 is 4.39 Å². The average Bonchev–Trinajstić information content (AvgIpc) is 3.34. The topological polar surface area (TPSA) is 115 Å². The molecule has 0 radical (unpaired) electrons. The van der Waals surface area contributed by atoms with E-state index in [4.69, 9.17) is 21.1 Å². The number of hydrogen-bond donors (Lipinski definition) is 1. The van der Waals surface area contributed by atoms with Gasteiger partial charge in [0.2, 0.25) is 0 Å². The summed E-state index contributed by atoms with van der Waals surface area (Å²) < 4.78 is 52.5. The van der Waals surface area contributed by atoms with E-state index < -0.39 is 33.0 Å². The van der Waals surface area contributed by atoms with Gasteiger partial charge in [-0.1, -0.05) is 43.7 Å². The molecule has 2 bridgehead atoms. The van der Waals surface area contributed by atoms with Gasteiger partial charge in [0.05, 0.1) is 35.3 Å². The van der Waals surface area contributed by atoms with Gasteiger partial charge in [-0.3, -0.25) is 19.0 Å². The number of aromatic nitrogens is 2. The molecular weight excluding hydrogens is 705 g/mol. The zero-order chi connectivity index (χ0) is 36.9. The lowest BCUT2D eigenvalue weighted by Crippen LogP contribution is -2.49. The van der Waals surface area contributed by atoms with Crippen LogP contribution in [0.25, 0.3) is 0 Å². The maximum Gasteiger partial charge on any atom is 0.289 e. The van der Waals surface area contributed by atoms with Gasteiger partial charge in [0.1, 0.15) is 21.4 Å². The number of rotatable bonds is 3. The van der Waals surface area contributed by atoms with Crippen molar-refractivity contribution in [3.63, 3.8) is 0 Å². The molecule has 1 fully saturated rings. The zero-order valence-corrected chi connectivity index (χ0v) is 31.9. The van der Waals surface area contributed by atoms with Crippen molar-refractivity contribution in [3.05, 3.63) is 87.5 Å². The van der Waals surface area contributed by atoms with E-state index in [-0.39, 0.29) is 52.3 Å². The van der Waals surface area contributed by atoms with Gasteiger partial charge in [-0.15, -0.1) is 4.36 Å². The van der Waals surface area contributed by atoms with Crippen LogP contribution >= 0.6 is 11.6 Å². The summed E-state index contributed by atoms with van der Waals surface area (Å²) in [5.41, 5.74) is 2.41. The van der Waals surface area contributed by atoms with Gasteiger partial charge in [-0.25, -0.2) is 8.60 Å². The van der Waals surface area contributed by atoms with Crippen molar-refractivity contribution in [2.45, 2.75) is 64.4 Å². The molecule has 13 heteroatoms. The molecule has 2 aliphatic carbocycles. The van der Waals surface area contributed by atoms with Crippen molar-refractivity contribution in [2.75, 3.05) is 37.5 Å². The summed E-state index contributed by atoms with van der Waals surface area (Å²) in [4.78, 5) is 29.6. The minimum Gasteiger partial charge on any atom is -0.490 e. The third-order valence-electron chi connectivity index (χ3n) is 11.7. The van der Waals surface area contributed by atoms with Crippen LogP contribution in [-0.2, 0) is 33.5 Å². The molecule has 4 aliphatic rings. The molecule has 2 amide bonds. The fraction of sp³-hybridized carbons (Fsp3) is 0.513. The lowest BCUT2D eigenvalue weighted by molar-refractivity contribution is 0.0129. The van der Waals surface area contributed by atoms with Crippen molar-refractivity contribution < 1.29 is 27.7 Å². The standard InChI is InChI=1S/C39H47ClFN5O5S/c1-23-8-14-33(50-5)29-11-9-27(29)18-46-21-39(16-6-7-26-17-28(40)10-13-32(26)39)22-51-34-15-12-30(35(41)36(34)46)37(47)43-52(49,20-24(23)2)44-38(48)31-19-45(4)42-25(31)3/h8,10,12-15,17,19,23-24,27,29,33H,6-7,9,11,16,18,20-22H2,1-5H3,(H,43,44,47,48,49)/b14-8+/t23-,24+,27-,29+,33?,39-,52?/m0/s1. The zero-order valence-electron chi connectivity index (χ0n) is 30.4. The average molecular weight is 752 g/mol. The predicted octanol–water partition coefficient (Wildman–Crippen LogP) is 6.83. The first-order valence-corrected chi connectivity index (χ1v) is 20.2. The molecule has 1 saturated carbocycles. The van der Waals surface area contributed by atoms with E-state index in [1.165, 1.54) is 22.5 Å². The molecule has 0 saturated heterocycles. The number of halogens is 2. The van der Waals surface area contributed by atoms with Crippen LogP contribution in [0.5, 0.6) is 5.75 Å². The number of ether oxygens (including phenoxy) is 2. The van der Waals surface area contributed by atoms with Crippen molar-refractivity contribution in [3.8, 4) is 5.75 Å². The van der Waals surface area contributed by atoms with Crippen molar-refractivity contribution in [2.24, 2.45) is 35.1 Å². The third-order valence-corrected chi connectivity index (χ3v) is 13.9. The van der Waals surface area contributed by atoms with Crippen LogP contribution in [-0.4, -0.2) is 64.5 Å². The first-order chi connectivity index (χ1) is 24.8. The normalized spacial score (nSPS) is 30.9. The predicted molar refractivity (Wildman–Crippen MR) is 200 cm³/mol. The molecule has 1 N–H and O–H groups in total. The third kappa shape index (κ3) is 6.89. The number of allylic oxidation sites excluding steroid dienone is 1. The maximum absolute atomic E-state index is 17.1. The van der Waals surface area contributed by atoms with E-state index in [0.717, 1.165) is 37.7 Å². The van der Waals surface area contributed by atoms with Gasteiger partial charge in [0.15, 0.2) is 5.82 Å². The number of carbonyl (C=O) groups is 2. The Bertz CT molecular complexity index is 2060. The van der Waals surface area contributed by atoms with Crippen LogP contribution < -0.4 is 14.4 Å². The highest BCUT2D eigenvalue weighted by molar-refractivity contribution is 7.92. The molecule has 7 rings (SSSR count). The molecule has 278 valence electrons. The highest BCUT2D eigenvalue weighted by Crippen LogP contribution is 2.48. The minimum absolute atomic E-state index is 0.0997. The fourth-order valence-electron chi connectivity index (χ4n) is 8.56. The molecule has 3 heterocycles. The molecule has 3 aromatic rings. The Morgan fingerprint density at radius 3 is 2.71 bits per heavy atom. The Hall–Kier alpha value is -3.74. The summed E-state index contributed by atoms with van der Waals surface area (Å²) in [7, 11) is -0.356. The minimum atomic E-state index is -3.75. The summed E-state index contributed by atoms with van der Waals surface area (Å²) in [5, 5.41) is 4.91. The Kier molecular flexibility index (Phi) is 10.0. The highest BCUT2D eigenvalue weighted by Gasteiger charge is 2.45. The van der Waals surface area contributed by atoms with E-state index in [2.05, 4.69) is 37.3 Å². The van der Waals surface area contributed by atoms with E-state index in [0.29, 0.717) is 36.2 Å². The van der Waals surface area contributed by atoms with E-state index in [1.54, 1.807) is 27.1 Å². The van der Waals surface area contributed by atoms with E-state index in [9.17, 15) is 13.8 Å². The lowest BCUT2D eigenvalue weighted by Gasteiger charge is -2.46. The van der Waals surface area contributed by atoms with Gasteiger partial charge in [-0.05, 0) is 98.1 Å². The molecule has 1 spiro atoms. The Labute approximate surface area is 310 Å². The molecule has 52 heavy (non-hydrogen) atoms. The summed E-state index contributed by atoms with van der Waals surface area (Å²) in [6.07, 6.45) is 10.1. The largest absolute Gasteiger partial charge is 0.490 e. The number of aryl methyl sites for hydroxylation is 3. The maximum atomic E-state index is 17.1. The fourth-order valence-corrected chi connectivity index (χ4v) is 10.7. The summed E-state index contributed by atoms with van der Waals surface area (Å²) in [6.45, 7) is 6.92. The van der Waals surface area contributed by atoms with Gasteiger partial charge in [-0.2, -0.15) is 5.10 Å². The van der Waals surface area contributed by atoms with E-state index in [1.807, 2.05) is 26.0 Å². The molecule has 1 aromatic heterocycles. The van der Waals surface area contributed by atoms with Crippen molar-refractivity contribution >= 4 is 39.0 Å². The second kappa shape index (κ2) is 14.2. The number of amides is 2. The second-order valence-corrected chi connectivity index (χ2v) is 17.7. The molecular formula is C39H47ClFN5O5S. The van der Waals surface area contributed by atoms with Gasteiger partial charge in [0, 0.05) is 43.9 Å². The Morgan fingerprint density at radius 1 is 1.19 bits per heavy atom. The molecule has 10 nitrogen and oxygen atoms in total. The molecule has 2 aliphatic heterocycles. The number of hydrogen-bond acceptors (Lipinski definition) is 7. The van der Waals surface area contributed by atoms with Gasteiger partial charge >= 0.3 is 0 Å². The molecule has 2 aromatic carbocycles. The lowest BCUT2D eigenvalue weighted by atomic mass is 9.68. The summed E-state index contributed by atoms with van der Waals surface area (Å²) in [5.74, 6) is -2.21. The van der Waals surface area contributed by atoms with Gasteiger partial charge in [0.25, 0.3) is 11.8 Å². The smallest absolute Gasteiger partial charge is 0.289 e. The van der Waals surface area contributed by atoms with Crippen molar-refractivity contribution in [1.82, 2.24) is 14.5 Å². The number of nitrogens with zero attached hydrogens (tertiary/aromatic N) is 4. The Balaban J connectivity index is 1.35. The number of fused-ring (bicyclic) bond motifs is 4. The second-order valence-electron chi connectivity index (χ2n) is 15.2. The van der Waals surface area contributed by atoms with Crippen LogP contribution in [0.4, 0.5) is 10.1 Å². The van der Waals surface area contributed by atoms with Crippen LogP contribution in [0.2, 0.25) is 5.02 Å². The SMILES string of the molecule is COC1/C=C/[C@H](C)[C@H](C)CS(=O)(NC(=O)c2cn(C)nc2C)=NC(=O)c2ccc3c(c2F)N(C[C@@H]2CC[C@@H]12)C[C@@]1(CCCc2cc(Cl)ccc21)CO3. The Morgan fingerprint density at radius 2 is 2.00 bits per heavy atom.